The number of likely N-dealkylation sites (N-methyl/N-ethyl adjacent to an activating group) is 1. The Balaban J connectivity index is 1.63. The van der Waals surface area contributed by atoms with Crippen molar-refractivity contribution in [3.63, 3.8) is 0 Å². The lowest BCUT2D eigenvalue weighted by molar-refractivity contribution is -0.384. The van der Waals surface area contributed by atoms with Gasteiger partial charge < -0.3 is 19.9 Å². The van der Waals surface area contributed by atoms with Crippen molar-refractivity contribution < 1.29 is 14.5 Å². The Kier molecular flexibility index (Phi) is 6.44. The van der Waals surface area contributed by atoms with E-state index in [1.807, 2.05) is 47.2 Å². The Bertz CT molecular complexity index is 822. The van der Waals surface area contributed by atoms with Gasteiger partial charge >= 0.3 is 0 Å². The number of nitrogens with one attached hydrogen (secondary N) is 1. The van der Waals surface area contributed by atoms with E-state index in [-0.39, 0.29) is 17.2 Å². The predicted octanol–water partition coefficient (Wildman–Crippen LogP) is 2.30. The molecule has 2 aromatic carbocycles. The Morgan fingerprint density at radius 1 is 1.21 bits per heavy atom. The predicted molar refractivity (Wildman–Crippen MR) is 108 cm³/mol. The maximum Gasteiger partial charge on any atom is 0.293 e. The van der Waals surface area contributed by atoms with Crippen molar-refractivity contribution in [2.45, 2.75) is 0 Å². The molecule has 1 aliphatic heterocycles. The summed E-state index contributed by atoms with van der Waals surface area (Å²) >= 11 is 0. The summed E-state index contributed by atoms with van der Waals surface area (Å²) in [5, 5.41) is 14.3. The van der Waals surface area contributed by atoms with Gasteiger partial charge in [-0.25, -0.2) is 0 Å². The molecule has 8 heteroatoms. The van der Waals surface area contributed by atoms with Crippen molar-refractivity contribution in [2.75, 3.05) is 56.2 Å². The average Bonchev–Trinajstić information content (AvgIpc) is 2.74. The molecule has 3 rings (SSSR count). The van der Waals surface area contributed by atoms with Crippen molar-refractivity contribution in [2.24, 2.45) is 0 Å². The fourth-order valence-corrected chi connectivity index (χ4v) is 3.13. The number of para-hydroxylation sites is 1. The minimum atomic E-state index is -0.440. The minimum Gasteiger partial charge on any atom is -0.378 e. The van der Waals surface area contributed by atoms with Crippen LogP contribution >= 0.6 is 0 Å². The van der Waals surface area contributed by atoms with Crippen LogP contribution < -0.4 is 15.1 Å². The van der Waals surface area contributed by atoms with Gasteiger partial charge in [-0.2, -0.15) is 0 Å². The monoisotopic (exact) mass is 384 g/mol. The summed E-state index contributed by atoms with van der Waals surface area (Å²) in [5.74, 6) is -0.321. The van der Waals surface area contributed by atoms with E-state index in [1.54, 1.807) is 12.1 Å². The van der Waals surface area contributed by atoms with Crippen LogP contribution in [-0.4, -0.2) is 57.3 Å². The zero-order valence-electron chi connectivity index (χ0n) is 15.8. The van der Waals surface area contributed by atoms with Gasteiger partial charge in [-0.15, -0.1) is 0 Å². The maximum atomic E-state index is 12.4. The lowest BCUT2D eigenvalue weighted by Gasteiger charge is -2.28. The van der Waals surface area contributed by atoms with E-state index < -0.39 is 4.92 Å². The minimum absolute atomic E-state index is 0.0593. The molecule has 0 aliphatic carbocycles. The molecule has 0 atom stereocenters. The molecule has 148 valence electrons. The molecule has 1 saturated heterocycles. The van der Waals surface area contributed by atoms with Crippen LogP contribution in [0.15, 0.2) is 48.5 Å². The molecule has 0 saturated carbocycles. The van der Waals surface area contributed by atoms with E-state index in [0.717, 1.165) is 5.69 Å². The molecule has 8 nitrogen and oxygen atoms in total. The lowest BCUT2D eigenvalue weighted by Crippen LogP contribution is -2.36. The zero-order chi connectivity index (χ0) is 19.9. The number of nitro benzene ring substituents is 1. The number of hydrogen-bond donors (Lipinski definition) is 1. The van der Waals surface area contributed by atoms with Crippen LogP contribution in [0.1, 0.15) is 10.4 Å². The highest BCUT2D eigenvalue weighted by Crippen LogP contribution is 2.29. The van der Waals surface area contributed by atoms with Gasteiger partial charge in [0.2, 0.25) is 0 Å². The topological polar surface area (TPSA) is 88.0 Å². The molecule has 2 aromatic rings. The van der Waals surface area contributed by atoms with Gasteiger partial charge in [-0.3, -0.25) is 14.9 Å². The fraction of sp³-hybridized carbons (Fsp3) is 0.350. The number of carbonyl (C=O) groups is 1. The molecule has 0 bridgehead atoms. The van der Waals surface area contributed by atoms with Crippen molar-refractivity contribution in [1.82, 2.24) is 5.32 Å². The maximum absolute atomic E-state index is 12.4. The number of ether oxygens (including phenoxy) is 1. The molecular formula is C20H24N4O4. The normalized spacial score (nSPS) is 13.8. The molecular weight excluding hydrogens is 360 g/mol. The van der Waals surface area contributed by atoms with E-state index in [4.69, 9.17) is 4.74 Å². The average molecular weight is 384 g/mol. The number of hydrogen-bond acceptors (Lipinski definition) is 6. The van der Waals surface area contributed by atoms with Crippen LogP contribution in [0.25, 0.3) is 0 Å². The second-order valence-electron chi connectivity index (χ2n) is 6.57. The van der Waals surface area contributed by atoms with Gasteiger partial charge in [0.25, 0.3) is 11.6 Å². The van der Waals surface area contributed by atoms with Gasteiger partial charge in [-0.1, -0.05) is 18.2 Å². The van der Waals surface area contributed by atoms with Crippen LogP contribution in [0.2, 0.25) is 0 Å². The first-order chi connectivity index (χ1) is 13.6. The molecule has 1 heterocycles. The number of rotatable bonds is 7. The molecule has 0 aromatic heterocycles. The van der Waals surface area contributed by atoms with E-state index >= 15 is 0 Å². The third-order valence-electron chi connectivity index (χ3n) is 4.72. The molecule has 0 spiro atoms. The number of carbonyl (C=O) groups excluding carboxylic acids is 1. The molecule has 28 heavy (non-hydrogen) atoms. The molecule has 1 amide bonds. The standard InChI is InChI=1S/C20H24N4O4/c1-22(17-5-3-2-4-6-17)10-9-21-20(25)16-7-8-18(19(15-16)24(26)27)23-11-13-28-14-12-23/h2-8,15H,9-14H2,1H3,(H,21,25). The Hall–Kier alpha value is -3.13. The summed E-state index contributed by atoms with van der Waals surface area (Å²) in [6, 6.07) is 14.5. The second kappa shape index (κ2) is 9.18. The number of amides is 1. The molecule has 1 fully saturated rings. The van der Waals surface area contributed by atoms with Crippen LogP contribution in [0.3, 0.4) is 0 Å². The van der Waals surface area contributed by atoms with Crippen molar-refractivity contribution >= 4 is 23.0 Å². The highest BCUT2D eigenvalue weighted by Gasteiger charge is 2.23. The van der Waals surface area contributed by atoms with Gasteiger partial charge in [0.05, 0.1) is 18.1 Å². The highest BCUT2D eigenvalue weighted by molar-refractivity contribution is 5.95. The van der Waals surface area contributed by atoms with E-state index in [9.17, 15) is 14.9 Å². The first kappa shape index (κ1) is 19.6. The van der Waals surface area contributed by atoms with E-state index in [2.05, 4.69) is 5.32 Å². The summed E-state index contributed by atoms with van der Waals surface area (Å²) in [7, 11) is 1.95. The SMILES string of the molecule is CN(CCNC(=O)c1ccc(N2CCOCC2)c([N+](=O)[O-])c1)c1ccccc1. The quantitative estimate of drug-likeness (QED) is 0.582. The fourth-order valence-electron chi connectivity index (χ4n) is 3.13. The van der Waals surface area contributed by atoms with E-state index in [0.29, 0.717) is 45.1 Å². The molecule has 1 aliphatic rings. The molecule has 0 unspecified atom stereocenters. The third-order valence-corrected chi connectivity index (χ3v) is 4.72. The summed E-state index contributed by atoms with van der Waals surface area (Å²) in [5.41, 5.74) is 1.80. The molecule has 1 N–H and O–H groups in total. The summed E-state index contributed by atoms with van der Waals surface area (Å²) in [6.07, 6.45) is 0. The number of benzene rings is 2. The number of anilines is 2. The van der Waals surface area contributed by atoms with Crippen LogP contribution in [0, 0.1) is 10.1 Å². The first-order valence-electron chi connectivity index (χ1n) is 9.22. The summed E-state index contributed by atoms with van der Waals surface area (Å²) < 4.78 is 5.30. The van der Waals surface area contributed by atoms with Gasteiger partial charge in [0.15, 0.2) is 0 Å². The van der Waals surface area contributed by atoms with Crippen LogP contribution in [0.4, 0.5) is 17.1 Å². The van der Waals surface area contributed by atoms with Gasteiger partial charge in [0, 0.05) is 50.5 Å². The molecule has 0 radical (unpaired) electrons. The van der Waals surface area contributed by atoms with Crippen LogP contribution in [-0.2, 0) is 4.74 Å². The Morgan fingerprint density at radius 2 is 1.93 bits per heavy atom. The number of nitro groups is 1. The van der Waals surface area contributed by atoms with Crippen molar-refractivity contribution in [3.8, 4) is 0 Å². The van der Waals surface area contributed by atoms with Crippen LogP contribution in [0.5, 0.6) is 0 Å². The van der Waals surface area contributed by atoms with E-state index in [1.165, 1.54) is 6.07 Å². The second-order valence-corrected chi connectivity index (χ2v) is 6.57. The lowest BCUT2D eigenvalue weighted by atomic mass is 10.1. The largest absolute Gasteiger partial charge is 0.378 e. The summed E-state index contributed by atoms with van der Waals surface area (Å²) in [6.45, 7) is 3.33. The van der Waals surface area contributed by atoms with Gasteiger partial charge in [0.1, 0.15) is 5.69 Å². The Morgan fingerprint density at radius 3 is 2.61 bits per heavy atom. The number of morpholine rings is 1. The smallest absolute Gasteiger partial charge is 0.293 e. The highest BCUT2D eigenvalue weighted by atomic mass is 16.6. The summed E-state index contributed by atoms with van der Waals surface area (Å²) in [4.78, 5) is 27.5. The Labute approximate surface area is 163 Å². The van der Waals surface area contributed by atoms with Crippen molar-refractivity contribution in [1.29, 1.82) is 0 Å². The zero-order valence-corrected chi connectivity index (χ0v) is 15.8. The van der Waals surface area contributed by atoms with Gasteiger partial charge in [-0.05, 0) is 24.3 Å². The first-order valence-corrected chi connectivity index (χ1v) is 9.22. The third kappa shape index (κ3) is 4.77. The number of nitrogens with zero attached hydrogens (tertiary/aromatic N) is 3. The van der Waals surface area contributed by atoms with Crippen molar-refractivity contribution in [3.05, 3.63) is 64.2 Å².